The van der Waals surface area contributed by atoms with Crippen molar-refractivity contribution >= 4 is 5.91 Å². The van der Waals surface area contributed by atoms with Crippen molar-refractivity contribution in [3.8, 4) is 0 Å². The SMILES string of the molecule is CCC(C)CC(=O)NC1(CN)CCCC1. The molecule has 1 amide bonds. The minimum Gasteiger partial charge on any atom is -0.349 e. The van der Waals surface area contributed by atoms with Crippen LogP contribution in [0.4, 0.5) is 0 Å². The van der Waals surface area contributed by atoms with E-state index in [9.17, 15) is 4.79 Å². The van der Waals surface area contributed by atoms with Gasteiger partial charge >= 0.3 is 0 Å². The second-order valence-corrected chi connectivity index (χ2v) is 4.96. The Hall–Kier alpha value is -0.570. The fraction of sp³-hybridized carbons (Fsp3) is 0.917. The highest BCUT2D eigenvalue weighted by atomic mass is 16.1. The summed E-state index contributed by atoms with van der Waals surface area (Å²) in [5.74, 6) is 0.651. The molecule has 0 heterocycles. The standard InChI is InChI=1S/C12H24N2O/c1-3-10(2)8-11(15)14-12(9-13)6-4-5-7-12/h10H,3-9,13H2,1-2H3,(H,14,15). The maximum absolute atomic E-state index is 11.8. The van der Waals surface area contributed by atoms with E-state index in [0.717, 1.165) is 19.3 Å². The van der Waals surface area contributed by atoms with Crippen molar-refractivity contribution < 1.29 is 4.79 Å². The van der Waals surface area contributed by atoms with Crippen LogP contribution in [0, 0.1) is 5.92 Å². The Morgan fingerprint density at radius 2 is 2.07 bits per heavy atom. The molecule has 1 aliphatic rings. The monoisotopic (exact) mass is 212 g/mol. The predicted octanol–water partition coefficient (Wildman–Crippen LogP) is 1.81. The first kappa shape index (κ1) is 12.5. The molecular weight excluding hydrogens is 188 g/mol. The predicted molar refractivity (Wildman–Crippen MR) is 62.5 cm³/mol. The van der Waals surface area contributed by atoms with Crippen LogP contribution in [0.25, 0.3) is 0 Å². The van der Waals surface area contributed by atoms with Crippen LogP contribution in [-0.2, 0) is 4.79 Å². The van der Waals surface area contributed by atoms with Gasteiger partial charge in [-0.25, -0.2) is 0 Å². The first-order chi connectivity index (χ1) is 7.12. The summed E-state index contributed by atoms with van der Waals surface area (Å²) in [6.07, 6.45) is 6.19. The molecule has 0 radical (unpaired) electrons. The van der Waals surface area contributed by atoms with Gasteiger partial charge < -0.3 is 11.1 Å². The zero-order chi connectivity index (χ0) is 11.3. The molecular formula is C12H24N2O. The zero-order valence-electron chi connectivity index (χ0n) is 10.0. The van der Waals surface area contributed by atoms with Gasteiger partial charge in [0.1, 0.15) is 0 Å². The average Bonchev–Trinajstić information content (AvgIpc) is 2.66. The molecule has 0 aliphatic heterocycles. The number of carbonyl (C=O) groups excluding carboxylic acids is 1. The summed E-state index contributed by atoms with van der Waals surface area (Å²) in [6, 6.07) is 0. The van der Waals surface area contributed by atoms with Crippen LogP contribution in [0.3, 0.4) is 0 Å². The van der Waals surface area contributed by atoms with Gasteiger partial charge in [0.25, 0.3) is 0 Å². The molecule has 0 aromatic rings. The lowest BCUT2D eigenvalue weighted by molar-refractivity contribution is -0.123. The third kappa shape index (κ3) is 3.49. The number of nitrogens with one attached hydrogen (secondary N) is 1. The van der Waals surface area contributed by atoms with E-state index < -0.39 is 0 Å². The van der Waals surface area contributed by atoms with Crippen LogP contribution in [0.5, 0.6) is 0 Å². The second kappa shape index (κ2) is 5.50. The van der Waals surface area contributed by atoms with Crippen molar-refractivity contribution in [3.05, 3.63) is 0 Å². The molecule has 0 bridgehead atoms. The fourth-order valence-electron chi connectivity index (χ4n) is 2.24. The van der Waals surface area contributed by atoms with E-state index in [0.29, 0.717) is 18.9 Å². The molecule has 1 unspecified atom stereocenters. The van der Waals surface area contributed by atoms with Crippen LogP contribution in [-0.4, -0.2) is 18.0 Å². The number of hydrogen-bond acceptors (Lipinski definition) is 2. The average molecular weight is 212 g/mol. The third-order valence-corrected chi connectivity index (χ3v) is 3.59. The van der Waals surface area contributed by atoms with Crippen LogP contribution in [0.2, 0.25) is 0 Å². The Labute approximate surface area is 92.8 Å². The molecule has 0 aromatic heterocycles. The van der Waals surface area contributed by atoms with Crippen molar-refractivity contribution in [1.82, 2.24) is 5.32 Å². The smallest absolute Gasteiger partial charge is 0.220 e. The third-order valence-electron chi connectivity index (χ3n) is 3.59. The van der Waals surface area contributed by atoms with E-state index in [1.807, 2.05) is 0 Å². The molecule has 0 aromatic carbocycles. The molecule has 3 N–H and O–H groups in total. The summed E-state index contributed by atoms with van der Waals surface area (Å²) in [5, 5.41) is 3.14. The lowest BCUT2D eigenvalue weighted by Crippen LogP contribution is -2.51. The molecule has 0 saturated heterocycles. The molecule has 1 aliphatic carbocycles. The van der Waals surface area contributed by atoms with E-state index in [2.05, 4.69) is 19.2 Å². The Morgan fingerprint density at radius 1 is 1.47 bits per heavy atom. The van der Waals surface area contributed by atoms with Crippen molar-refractivity contribution in [1.29, 1.82) is 0 Å². The minimum absolute atomic E-state index is 0.0788. The number of hydrogen-bond donors (Lipinski definition) is 2. The lowest BCUT2D eigenvalue weighted by atomic mass is 9.96. The van der Waals surface area contributed by atoms with E-state index in [1.165, 1.54) is 12.8 Å². The highest BCUT2D eigenvalue weighted by molar-refractivity contribution is 5.77. The first-order valence-electron chi connectivity index (χ1n) is 6.13. The van der Waals surface area contributed by atoms with E-state index >= 15 is 0 Å². The first-order valence-corrected chi connectivity index (χ1v) is 6.13. The van der Waals surface area contributed by atoms with Gasteiger partial charge in [0.15, 0.2) is 0 Å². The van der Waals surface area contributed by atoms with Crippen molar-refractivity contribution in [3.63, 3.8) is 0 Å². The molecule has 15 heavy (non-hydrogen) atoms. The lowest BCUT2D eigenvalue weighted by Gasteiger charge is -2.29. The van der Waals surface area contributed by atoms with Gasteiger partial charge in [-0.1, -0.05) is 33.1 Å². The Kier molecular flexibility index (Phi) is 4.58. The number of carbonyl (C=O) groups is 1. The van der Waals surface area contributed by atoms with Gasteiger partial charge in [0, 0.05) is 13.0 Å². The van der Waals surface area contributed by atoms with E-state index in [4.69, 9.17) is 5.73 Å². The van der Waals surface area contributed by atoms with Gasteiger partial charge in [0.05, 0.1) is 5.54 Å². The molecule has 3 heteroatoms. The summed E-state index contributed by atoms with van der Waals surface area (Å²) >= 11 is 0. The fourth-order valence-corrected chi connectivity index (χ4v) is 2.24. The molecule has 3 nitrogen and oxygen atoms in total. The Balaban J connectivity index is 2.41. The van der Waals surface area contributed by atoms with Gasteiger partial charge in [-0.2, -0.15) is 0 Å². The van der Waals surface area contributed by atoms with Crippen LogP contribution in [0.15, 0.2) is 0 Å². The molecule has 1 atom stereocenters. The summed E-state index contributed by atoms with van der Waals surface area (Å²) in [6.45, 7) is 4.81. The van der Waals surface area contributed by atoms with E-state index in [1.54, 1.807) is 0 Å². The highest BCUT2D eigenvalue weighted by Gasteiger charge is 2.33. The summed E-state index contributed by atoms with van der Waals surface area (Å²) in [5.41, 5.74) is 5.69. The van der Waals surface area contributed by atoms with E-state index in [-0.39, 0.29) is 11.4 Å². The topological polar surface area (TPSA) is 55.1 Å². The maximum atomic E-state index is 11.8. The van der Waals surface area contributed by atoms with Gasteiger partial charge in [-0.15, -0.1) is 0 Å². The quantitative estimate of drug-likeness (QED) is 0.730. The number of rotatable bonds is 5. The summed E-state index contributed by atoms with van der Waals surface area (Å²) in [7, 11) is 0. The minimum atomic E-state index is -0.0788. The normalized spacial score (nSPS) is 21.3. The summed E-state index contributed by atoms with van der Waals surface area (Å²) < 4.78 is 0. The molecule has 1 saturated carbocycles. The van der Waals surface area contributed by atoms with Crippen molar-refractivity contribution in [2.75, 3.05) is 6.54 Å². The van der Waals surface area contributed by atoms with Crippen LogP contribution in [0.1, 0.15) is 52.4 Å². The molecule has 88 valence electrons. The number of nitrogens with two attached hydrogens (primary N) is 1. The number of amides is 1. The summed E-state index contributed by atoms with van der Waals surface area (Å²) in [4.78, 5) is 11.8. The molecule has 1 fully saturated rings. The van der Waals surface area contributed by atoms with Crippen molar-refractivity contribution in [2.24, 2.45) is 11.7 Å². The molecule has 0 spiro atoms. The van der Waals surface area contributed by atoms with Gasteiger partial charge in [-0.3, -0.25) is 4.79 Å². The van der Waals surface area contributed by atoms with Gasteiger partial charge in [-0.05, 0) is 18.8 Å². The van der Waals surface area contributed by atoms with Gasteiger partial charge in [0.2, 0.25) is 5.91 Å². The Bertz CT molecular complexity index is 210. The Morgan fingerprint density at radius 3 is 2.53 bits per heavy atom. The maximum Gasteiger partial charge on any atom is 0.220 e. The zero-order valence-corrected chi connectivity index (χ0v) is 10.0. The van der Waals surface area contributed by atoms with Crippen molar-refractivity contribution in [2.45, 2.75) is 57.9 Å². The second-order valence-electron chi connectivity index (χ2n) is 4.96. The highest BCUT2D eigenvalue weighted by Crippen LogP contribution is 2.28. The van der Waals surface area contributed by atoms with Crippen LogP contribution < -0.4 is 11.1 Å². The van der Waals surface area contributed by atoms with Crippen LogP contribution >= 0.6 is 0 Å². The largest absolute Gasteiger partial charge is 0.349 e. The molecule has 1 rings (SSSR count).